The molecule has 1 aromatic carbocycles. The molecule has 0 radical (unpaired) electrons. The Bertz CT molecular complexity index is 845. The van der Waals surface area contributed by atoms with Gasteiger partial charge in [-0.3, -0.25) is 0 Å². The molecule has 0 atom stereocenters. The maximum absolute atomic E-state index is 8.81. The van der Waals surface area contributed by atoms with Crippen molar-refractivity contribution in [2.45, 2.75) is 46.1 Å². The minimum atomic E-state index is 0.750. The molecular formula is C22H26N2OS. The van der Waals surface area contributed by atoms with E-state index in [1.807, 2.05) is 19.3 Å². The Morgan fingerprint density at radius 3 is 2.50 bits per heavy atom. The molecule has 136 valence electrons. The van der Waals surface area contributed by atoms with Crippen molar-refractivity contribution in [3.8, 4) is 11.8 Å². The van der Waals surface area contributed by atoms with Crippen molar-refractivity contribution in [3.05, 3.63) is 58.6 Å². The van der Waals surface area contributed by atoms with Gasteiger partial charge in [0.2, 0.25) is 0 Å². The van der Waals surface area contributed by atoms with E-state index in [1.165, 1.54) is 18.1 Å². The van der Waals surface area contributed by atoms with Crippen molar-refractivity contribution < 1.29 is 4.79 Å². The van der Waals surface area contributed by atoms with E-state index in [0.29, 0.717) is 0 Å². The average molecular weight is 367 g/mol. The summed E-state index contributed by atoms with van der Waals surface area (Å²) in [5.74, 6) is 6.61. The lowest BCUT2D eigenvalue weighted by molar-refractivity contribution is -0.106. The van der Waals surface area contributed by atoms with Crippen molar-refractivity contribution in [2.24, 2.45) is 0 Å². The van der Waals surface area contributed by atoms with Crippen LogP contribution in [-0.4, -0.2) is 22.5 Å². The van der Waals surface area contributed by atoms with Gasteiger partial charge in [-0.25, -0.2) is 9.97 Å². The molecule has 2 aromatic rings. The zero-order chi connectivity index (χ0) is 19.5. The summed E-state index contributed by atoms with van der Waals surface area (Å²) in [6.45, 7) is 9.75. The summed E-state index contributed by atoms with van der Waals surface area (Å²) in [7, 11) is 0. The van der Waals surface area contributed by atoms with Gasteiger partial charge in [-0.1, -0.05) is 37.0 Å². The van der Waals surface area contributed by atoms with E-state index in [1.54, 1.807) is 18.1 Å². The fraction of sp³-hybridized carbons (Fsp3) is 0.318. The molecule has 0 saturated heterocycles. The Balaban J connectivity index is 0.00000105. The van der Waals surface area contributed by atoms with Gasteiger partial charge in [0.15, 0.2) is 0 Å². The Labute approximate surface area is 161 Å². The molecule has 0 spiro atoms. The summed E-state index contributed by atoms with van der Waals surface area (Å²) in [6, 6.07) is 6.48. The van der Waals surface area contributed by atoms with Crippen LogP contribution in [-0.2, 0) is 11.2 Å². The van der Waals surface area contributed by atoms with E-state index < -0.39 is 0 Å². The monoisotopic (exact) mass is 366 g/mol. The van der Waals surface area contributed by atoms with Gasteiger partial charge >= 0.3 is 0 Å². The maximum Gasteiger partial charge on any atom is 0.117 e. The first kappa shape index (κ1) is 21.7. The number of aromatic nitrogens is 2. The van der Waals surface area contributed by atoms with E-state index in [2.05, 4.69) is 60.8 Å². The number of rotatable bonds is 3. The van der Waals surface area contributed by atoms with Crippen LogP contribution < -0.4 is 0 Å². The van der Waals surface area contributed by atoms with Crippen LogP contribution in [0.5, 0.6) is 0 Å². The predicted octanol–water partition coefficient (Wildman–Crippen LogP) is 5.04. The number of thioether (sulfide) groups is 1. The summed E-state index contributed by atoms with van der Waals surface area (Å²) in [6.07, 6.45) is 7.43. The lowest BCUT2D eigenvalue weighted by Crippen LogP contribution is -1.97. The molecule has 1 heterocycles. The fourth-order valence-corrected chi connectivity index (χ4v) is 2.89. The largest absolute Gasteiger partial charge is 0.304 e. The molecular weight excluding hydrogens is 340 g/mol. The Kier molecular flexibility index (Phi) is 9.40. The number of carbonyl (C=O) groups is 1. The van der Waals surface area contributed by atoms with Gasteiger partial charge in [-0.05, 0) is 57.6 Å². The average Bonchev–Trinajstić information content (AvgIpc) is 2.65. The van der Waals surface area contributed by atoms with E-state index in [9.17, 15) is 0 Å². The minimum absolute atomic E-state index is 0.750. The van der Waals surface area contributed by atoms with Crippen molar-refractivity contribution in [1.29, 1.82) is 0 Å². The lowest BCUT2D eigenvalue weighted by atomic mass is 10.0. The molecule has 0 bridgehead atoms. The molecule has 0 aliphatic rings. The molecule has 0 fully saturated rings. The quantitative estimate of drug-likeness (QED) is 0.330. The van der Waals surface area contributed by atoms with Gasteiger partial charge in [0.05, 0.1) is 5.69 Å². The SMILES string of the molecule is C/C=C(/C#Cc1cc(CC)ccc1C)c1ncnc(SC)c1C.CC=O. The fourth-order valence-electron chi connectivity index (χ4n) is 2.34. The molecule has 0 saturated carbocycles. The number of hydrogen-bond donors (Lipinski definition) is 0. The van der Waals surface area contributed by atoms with Crippen LogP contribution in [0.15, 0.2) is 35.6 Å². The Morgan fingerprint density at radius 2 is 1.92 bits per heavy atom. The third-order valence-corrected chi connectivity index (χ3v) is 4.62. The molecule has 26 heavy (non-hydrogen) atoms. The number of nitrogens with zero attached hydrogens (tertiary/aromatic N) is 2. The third kappa shape index (κ3) is 5.86. The molecule has 0 amide bonds. The summed E-state index contributed by atoms with van der Waals surface area (Å²) in [5, 5.41) is 1.00. The highest BCUT2D eigenvalue weighted by Gasteiger charge is 2.08. The first-order valence-corrected chi connectivity index (χ1v) is 9.78. The van der Waals surface area contributed by atoms with E-state index in [0.717, 1.165) is 40.1 Å². The minimum Gasteiger partial charge on any atom is -0.304 e. The smallest absolute Gasteiger partial charge is 0.117 e. The van der Waals surface area contributed by atoms with Crippen molar-refractivity contribution >= 4 is 23.6 Å². The second-order valence-corrected chi connectivity index (χ2v) is 6.34. The molecule has 4 heteroatoms. The van der Waals surface area contributed by atoms with Crippen LogP contribution in [0.2, 0.25) is 0 Å². The van der Waals surface area contributed by atoms with Crippen LogP contribution in [0.1, 0.15) is 48.7 Å². The molecule has 0 aliphatic carbocycles. The van der Waals surface area contributed by atoms with Crippen molar-refractivity contribution in [2.75, 3.05) is 6.26 Å². The number of hydrogen-bond acceptors (Lipinski definition) is 4. The Morgan fingerprint density at radius 1 is 1.23 bits per heavy atom. The van der Waals surface area contributed by atoms with Gasteiger partial charge in [0.25, 0.3) is 0 Å². The summed E-state index contributed by atoms with van der Waals surface area (Å²) < 4.78 is 0. The van der Waals surface area contributed by atoms with Crippen molar-refractivity contribution in [3.63, 3.8) is 0 Å². The molecule has 1 aromatic heterocycles. The lowest BCUT2D eigenvalue weighted by Gasteiger charge is -2.07. The first-order chi connectivity index (χ1) is 12.5. The first-order valence-electron chi connectivity index (χ1n) is 8.55. The summed E-state index contributed by atoms with van der Waals surface area (Å²) >= 11 is 1.63. The molecule has 2 rings (SSSR count). The number of benzene rings is 1. The zero-order valence-corrected chi connectivity index (χ0v) is 17.2. The number of aldehydes is 1. The highest BCUT2D eigenvalue weighted by atomic mass is 32.2. The van der Waals surface area contributed by atoms with Crippen molar-refractivity contribution in [1.82, 2.24) is 9.97 Å². The second kappa shape index (κ2) is 11.3. The number of allylic oxidation sites excluding steroid dienone is 2. The maximum atomic E-state index is 8.81. The highest BCUT2D eigenvalue weighted by Crippen LogP contribution is 2.23. The highest BCUT2D eigenvalue weighted by molar-refractivity contribution is 7.98. The van der Waals surface area contributed by atoms with E-state index >= 15 is 0 Å². The van der Waals surface area contributed by atoms with Gasteiger partial charge in [-0.15, -0.1) is 11.8 Å². The van der Waals surface area contributed by atoms with E-state index in [-0.39, 0.29) is 0 Å². The Hall–Kier alpha value is -2.38. The van der Waals surface area contributed by atoms with Crippen LogP contribution in [0.4, 0.5) is 0 Å². The topological polar surface area (TPSA) is 42.9 Å². The second-order valence-electron chi connectivity index (χ2n) is 5.55. The van der Waals surface area contributed by atoms with Crippen LogP contribution >= 0.6 is 11.8 Å². The van der Waals surface area contributed by atoms with Crippen LogP contribution in [0.25, 0.3) is 5.57 Å². The molecule has 0 N–H and O–H groups in total. The van der Waals surface area contributed by atoms with Gasteiger partial charge in [0, 0.05) is 16.7 Å². The number of aryl methyl sites for hydroxylation is 2. The van der Waals surface area contributed by atoms with E-state index in [4.69, 9.17) is 4.79 Å². The molecule has 3 nitrogen and oxygen atoms in total. The van der Waals surface area contributed by atoms with Gasteiger partial charge in [-0.2, -0.15) is 0 Å². The van der Waals surface area contributed by atoms with Gasteiger partial charge < -0.3 is 4.79 Å². The summed E-state index contributed by atoms with van der Waals surface area (Å²) in [4.78, 5) is 17.5. The standard InChI is InChI=1S/C20H22N2S.C2H4O/c1-6-16-9-8-14(3)18(12-16)11-10-17(7-2)19-15(4)20(23-5)22-13-21-19;1-2-3/h7-9,12-13H,6H2,1-5H3;2H,1H3/b17-7-;. The zero-order valence-electron chi connectivity index (χ0n) is 16.4. The predicted molar refractivity (Wildman–Crippen MR) is 111 cm³/mol. The third-order valence-electron chi connectivity index (χ3n) is 3.82. The molecule has 0 aliphatic heterocycles. The normalized spacial score (nSPS) is 10.3. The summed E-state index contributed by atoms with van der Waals surface area (Å²) in [5.41, 5.74) is 6.55. The number of carbonyl (C=O) groups excluding carboxylic acids is 1. The molecule has 0 unspecified atom stereocenters. The van der Waals surface area contributed by atoms with Crippen LogP contribution in [0.3, 0.4) is 0 Å². The van der Waals surface area contributed by atoms with Gasteiger partial charge in [0.1, 0.15) is 17.6 Å². The van der Waals surface area contributed by atoms with Crippen LogP contribution in [0, 0.1) is 25.7 Å².